The quantitative estimate of drug-likeness (QED) is 0.169. The van der Waals surface area contributed by atoms with Gasteiger partial charge in [-0.2, -0.15) is 0 Å². The fourth-order valence-corrected chi connectivity index (χ4v) is 3.82. The van der Waals surface area contributed by atoms with Crippen molar-refractivity contribution in [2.45, 2.75) is 70.4 Å². The second-order valence-electron chi connectivity index (χ2n) is 7.50. The monoisotopic (exact) mass is 496 g/mol. The second kappa shape index (κ2) is 15.8. The first-order valence-corrected chi connectivity index (χ1v) is 10.7. The highest BCUT2D eigenvalue weighted by atomic mass is 127. The Bertz CT molecular complexity index is 382. The SMILES string of the molecule is CCNC(=NCCOC1CCCCCC1)NC1CCN(CCOC)CC1.I. The molecule has 6 nitrogen and oxygen atoms in total. The van der Waals surface area contributed by atoms with Crippen molar-refractivity contribution < 1.29 is 9.47 Å². The van der Waals surface area contributed by atoms with Gasteiger partial charge in [0.15, 0.2) is 5.96 Å². The van der Waals surface area contributed by atoms with E-state index in [4.69, 9.17) is 14.5 Å². The predicted molar refractivity (Wildman–Crippen MR) is 123 cm³/mol. The van der Waals surface area contributed by atoms with Crippen molar-refractivity contribution >= 4 is 29.9 Å². The molecule has 0 unspecified atom stereocenters. The summed E-state index contributed by atoms with van der Waals surface area (Å²) in [5, 5.41) is 6.98. The van der Waals surface area contributed by atoms with E-state index < -0.39 is 0 Å². The van der Waals surface area contributed by atoms with E-state index in [1.165, 1.54) is 38.5 Å². The van der Waals surface area contributed by atoms with Gasteiger partial charge in [-0.3, -0.25) is 4.99 Å². The van der Waals surface area contributed by atoms with Crippen LogP contribution in [0.4, 0.5) is 0 Å². The summed E-state index contributed by atoms with van der Waals surface area (Å²) < 4.78 is 11.2. The third kappa shape index (κ3) is 10.9. The van der Waals surface area contributed by atoms with E-state index in [2.05, 4.69) is 22.5 Å². The summed E-state index contributed by atoms with van der Waals surface area (Å²) in [6.07, 6.45) is 10.6. The van der Waals surface area contributed by atoms with Crippen molar-refractivity contribution in [2.75, 3.05) is 53.0 Å². The fraction of sp³-hybridized carbons (Fsp3) is 0.950. The van der Waals surface area contributed by atoms with Crippen LogP contribution >= 0.6 is 24.0 Å². The first-order valence-electron chi connectivity index (χ1n) is 10.7. The molecule has 2 N–H and O–H groups in total. The highest BCUT2D eigenvalue weighted by Gasteiger charge is 2.19. The maximum Gasteiger partial charge on any atom is 0.191 e. The molecule has 0 atom stereocenters. The van der Waals surface area contributed by atoms with E-state index in [0.717, 1.165) is 64.7 Å². The normalized spacial score (nSPS) is 20.7. The fourth-order valence-electron chi connectivity index (χ4n) is 3.82. The molecule has 0 amide bonds. The highest BCUT2D eigenvalue weighted by molar-refractivity contribution is 14.0. The van der Waals surface area contributed by atoms with Gasteiger partial charge in [-0.25, -0.2) is 0 Å². The molecule has 1 heterocycles. The first-order chi connectivity index (χ1) is 12.8. The lowest BCUT2D eigenvalue weighted by atomic mass is 10.1. The van der Waals surface area contributed by atoms with E-state index >= 15 is 0 Å². The van der Waals surface area contributed by atoms with Crippen LogP contribution in [0, 0.1) is 0 Å². The van der Waals surface area contributed by atoms with Crippen LogP contribution in [-0.2, 0) is 9.47 Å². The minimum atomic E-state index is 0. The largest absolute Gasteiger partial charge is 0.383 e. The van der Waals surface area contributed by atoms with Gasteiger partial charge in [0.1, 0.15) is 0 Å². The number of halogens is 1. The number of nitrogens with zero attached hydrogens (tertiary/aromatic N) is 2. The molecule has 2 fully saturated rings. The number of likely N-dealkylation sites (tertiary alicyclic amines) is 1. The lowest BCUT2D eigenvalue weighted by molar-refractivity contribution is 0.0487. The molecular formula is C20H41IN4O2. The lowest BCUT2D eigenvalue weighted by Gasteiger charge is -2.32. The summed E-state index contributed by atoms with van der Waals surface area (Å²) >= 11 is 0. The van der Waals surface area contributed by atoms with Crippen molar-refractivity contribution in [3.8, 4) is 0 Å². The van der Waals surface area contributed by atoms with Gasteiger partial charge in [0, 0.05) is 39.3 Å². The number of rotatable bonds is 9. The van der Waals surface area contributed by atoms with E-state index in [9.17, 15) is 0 Å². The Morgan fingerprint density at radius 3 is 2.37 bits per heavy atom. The van der Waals surface area contributed by atoms with Crippen LogP contribution in [0.25, 0.3) is 0 Å². The van der Waals surface area contributed by atoms with Gasteiger partial charge in [-0.15, -0.1) is 24.0 Å². The van der Waals surface area contributed by atoms with Crippen LogP contribution in [0.3, 0.4) is 0 Å². The number of guanidine groups is 1. The number of methoxy groups -OCH3 is 1. The Kier molecular flexibility index (Phi) is 14.5. The minimum absolute atomic E-state index is 0. The van der Waals surface area contributed by atoms with Gasteiger partial charge in [0.05, 0.1) is 25.9 Å². The summed E-state index contributed by atoms with van der Waals surface area (Å²) in [5.74, 6) is 0.937. The molecule has 0 spiro atoms. The molecular weight excluding hydrogens is 455 g/mol. The molecule has 160 valence electrons. The summed E-state index contributed by atoms with van der Waals surface area (Å²) in [7, 11) is 1.77. The number of piperidine rings is 1. The average Bonchev–Trinajstić information content (AvgIpc) is 2.93. The molecule has 0 aromatic carbocycles. The summed E-state index contributed by atoms with van der Waals surface area (Å²) in [6.45, 7) is 8.60. The molecule has 2 rings (SSSR count). The molecule has 1 saturated carbocycles. The molecule has 1 aliphatic heterocycles. The Labute approximate surface area is 183 Å². The minimum Gasteiger partial charge on any atom is -0.383 e. The van der Waals surface area contributed by atoms with E-state index in [-0.39, 0.29) is 24.0 Å². The molecule has 7 heteroatoms. The molecule has 0 aromatic rings. The van der Waals surface area contributed by atoms with Crippen molar-refractivity contribution in [1.82, 2.24) is 15.5 Å². The summed E-state index contributed by atoms with van der Waals surface area (Å²) in [4.78, 5) is 7.20. The topological polar surface area (TPSA) is 58.1 Å². The van der Waals surface area contributed by atoms with E-state index in [0.29, 0.717) is 12.1 Å². The Hall–Kier alpha value is -0.120. The Morgan fingerprint density at radius 1 is 1.04 bits per heavy atom. The summed E-state index contributed by atoms with van der Waals surface area (Å²) in [6, 6.07) is 0.509. The van der Waals surface area contributed by atoms with Gasteiger partial charge in [0.2, 0.25) is 0 Å². The average molecular weight is 496 g/mol. The van der Waals surface area contributed by atoms with Crippen LogP contribution in [0.2, 0.25) is 0 Å². The summed E-state index contributed by atoms with van der Waals surface area (Å²) in [5.41, 5.74) is 0. The van der Waals surface area contributed by atoms with Crippen molar-refractivity contribution in [2.24, 2.45) is 4.99 Å². The number of hydrogen-bond acceptors (Lipinski definition) is 4. The van der Waals surface area contributed by atoms with Crippen LogP contribution in [0.5, 0.6) is 0 Å². The molecule has 27 heavy (non-hydrogen) atoms. The lowest BCUT2D eigenvalue weighted by Crippen LogP contribution is -2.49. The number of hydrogen-bond donors (Lipinski definition) is 2. The van der Waals surface area contributed by atoms with Gasteiger partial charge in [-0.05, 0) is 32.6 Å². The van der Waals surface area contributed by atoms with Gasteiger partial charge in [-0.1, -0.05) is 25.7 Å². The van der Waals surface area contributed by atoms with Crippen LogP contribution < -0.4 is 10.6 Å². The Balaban J connectivity index is 0.00000364. The molecule has 1 aliphatic carbocycles. The molecule has 0 bridgehead atoms. The van der Waals surface area contributed by atoms with E-state index in [1.54, 1.807) is 7.11 Å². The third-order valence-corrected chi connectivity index (χ3v) is 5.40. The maximum atomic E-state index is 6.05. The highest BCUT2D eigenvalue weighted by Crippen LogP contribution is 2.19. The van der Waals surface area contributed by atoms with Gasteiger partial charge < -0.3 is 25.0 Å². The standard InChI is InChI=1S/C20H40N4O2.HI/c1-3-21-20(22-12-16-26-19-8-6-4-5-7-9-19)23-18-10-13-24(14-11-18)15-17-25-2;/h18-19H,3-17H2,1-2H3,(H2,21,22,23);1H. The second-order valence-corrected chi connectivity index (χ2v) is 7.50. The zero-order chi connectivity index (χ0) is 18.5. The van der Waals surface area contributed by atoms with Gasteiger partial charge in [0.25, 0.3) is 0 Å². The third-order valence-electron chi connectivity index (χ3n) is 5.40. The predicted octanol–water partition coefficient (Wildman–Crippen LogP) is 3.01. The van der Waals surface area contributed by atoms with Crippen LogP contribution in [-0.4, -0.2) is 76.1 Å². The smallest absolute Gasteiger partial charge is 0.191 e. The number of nitrogens with one attached hydrogen (secondary N) is 2. The zero-order valence-electron chi connectivity index (χ0n) is 17.4. The Morgan fingerprint density at radius 2 is 1.74 bits per heavy atom. The van der Waals surface area contributed by atoms with E-state index in [1.807, 2.05) is 0 Å². The van der Waals surface area contributed by atoms with Gasteiger partial charge >= 0.3 is 0 Å². The zero-order valence-corrected chi connectivity index (χ0v) is 19.7. The molecule has 0 radical (unpaired) electrons. The first kappa shape index (κ1) is 24.9. The van der Waals surface area contributed by atoms with Crippen molar-refractivity contribution in [3.63, 3.8) is 0 Å². The number of aliphatic imine (C=N–C) groups is 1. The number of ether oxygens (including phenoxy) is 2. The van der Waals surface area contributed by atoms with Crippen LogP contribution in [0.15, 0.2) is 4.99 Å². The molecule has 1 saturated heterocycles. The van der Waals surface area contributed by atoms with Crippen molar-refractivity contribution in [3.05, 3.63) is 0 Å². The molecule has 2 aliphatic rings. The molecule has 0 aromatic heterocycles. The maximum absolute atomic E-state index is 6.05. The van der Waals surface area contributed by atoms with Crippen molar-refractivity contribution in [1.29, 1.82) is 0 Å². The van der Waals surface area contributed by atoms with Crippen LogP contribution in [0.1, 0.15) is 58.3 Å².